The Morgan fingerprint density at radius 3 is 3.12 bits per heavy atom. The van der Waals surface area contributed by atoms with Gasteiger partial charge in [0, 0.05) is 23.4 Å². The molecule has 26 heavy (non-hydrogen) atoms. The number of nitrogens with zero attached hydrogens (tertiary/aromatic N) is 3. The van der Waals surface area contributed by atoms with Crippen LogP contribution in [0.1, 0.15) is 33.7 Å². The number of carboxylic acids is 1. The van der Waals surface area contributed by atoms with Crippen molar-refractivity contribution in [1.29, 1.82) is 0 Å². The minimum absolute atomic E-state index is 0.324. The van der Waals surface area contributed by atoms with E-state index in [1.807, 2.05) is 0 Å². The van der Waals surface area contributed by atoms with Crippen molar-refractivity contribution in [3.63, 3.8) is 0 Å². The number of carbonyl (C=O) groups is 1. The summed E-state index contributed by atoms with van der Waals surface area (Å²) in [5.74, 6) is -0.906. The maximum Gasteiger partial charge on any atom is 0.354 e. The van der Waals surface area contributed by atoms with Crippen LogP contribution in [-0.4, -0.2) is 44.1 Å². The maximum absolute atomic E-state index is 11.8. The summed E-state index contributed by atoms with van der Waals surface area (Å²) in [5, 5.41) is 29.0. The lowest BCUT2D eigenvalue weighted by molar-refractivity contribution is 0.0681. The number of aryl methyl sites for hydroxylation is 2. The van der Waals surface area contributed by atoms with Crippen molar-refractivity contribution in [2.45, 2.75) is 32.2 Å². The summed E-state index contributed by atoms with van der Waals surface area (Å²) in [7, 11) is 0. The molecule has 7 nitrogen and oxygen atoms in total. The summed E-state index contributed by atoms with van der Waals surface area (Å²) in [6.07, 6.45) is 5.05. The highest BCUT2D eigenvalue weighted by Gasteiger charge is 2.28. The van der Waals surface area contributed by atoms with Crippen molar-refractivity contribution < 1.29 is 9.90 Å². The van der Waals surface area contributed by atoms with Crippen LogP contribution in [0.4, 0.5) is 0 Å². The van der Waals surface area contributed by atoms with E-state index in [2.05, 4.69) is 37.4 Å². The number of thiophene rings is 1. The Balaban J connectivity index is 1.38. The molecule has 4 rings (SSSR count). The first-order valence-electron chi connectivity index (χ1n) is 8.81. The second-order valence-corrected chi connectivity index (χ2v) is 7.23. The monoisotopic (exact) mass is 371 g/mol. The highest BCUT2D eigenvalue weighted by Crippen LogP contribution is 2.33. The number of aromatic amines is 1. The molecule has 0 atom stereocenters. The average molecular weight is 371 g/mol. The summed E-state index contributed by atoms with van der Waals surface area (Å²) in [5.41, 5.74) is 5.24. The van der Waals surface area contributed by atoms with Gasteiger partial charge in [0.15, 0.2) is 0 Å². The zero-order valence-corrected chi connectivity index (χ0v) is 15.2. The third kappa shape index (κ3) is 3.30. The van der Waals surface area contributed by atoms with Gasteiger partial charge >= 0.3 is 5.97 Å². The van der Waals surface area contributed by atoms with E-state index >= 15 is 0 Å². The minimum atomic E-state index is -0.906. The smallest absolute Gasteiger partial charge is 0.354 e. The van der Waals surface area contributed by atoms with Crippen LogP contribution in [-0.2, 0) is 25.8 Å². The lowest BCUT2D eigenvalue weighted by Gasteiger charge is -2.10. The molecule has 0 radical (unpaired) electrons. The number of aromatic nitrogens is 4. The molecule has 0 aliphatic heterocycles. The van der Waals surface area contributed by atoms with Crippen molar-refractivity contribution >= 4 is 17.3 Å². The molecule has 3 aromatic rings. The van der Waals surface area contributed by atoms with E-state index in [4.69, 9.17) is 0 Å². The third-order valence-electron chi connectivity index (χ3n) is 4.75. The van der Waals surface area contributed by atoms with E-state index in [-0.39, 0.29) is 0 Å². The van der Waals surface area contributed by atoms with E-state index < -0.39 is 5.97 Å². The van der Waals surface area contributed by atoms with Gasteiger partial charge < -0.3 is 10.4 Å². The Bertz CT molecular complexity index is 897. The number of aromatic carboxylic acids is 1. The second-order valence-electron chi connectivity index (χ2n) is 6.45. The zero-order chi connectivity index (χ0) is 17.9. The van der Waals surface area contributed by atoms with Crippen molar-refractivity contribution in [2.75, 3.05) is 13.1 Å². The first-order valence-corrected chi connectivity index (χ1v) is 9.75. The van der Waals surface area contributed by atoms with E-state index in [1.54, 1.807) is 22.2 Å². The Kier molecular flexibility index (Phi) is 4.85. The van der Waals surface area contributed by atoms with Gasteiger partial charge in [-0.15, -0.1) is 0 Å². The molecule has 3 heterocycles. The Labute approximate surface area is 155 Å². The molecule has 0 spiro atoms. The average Bonchev–Trinajstić information content (AvgIpc) is 3.35. The summed E-state index contributed by atoms with van der Waals surface area (Å²) in [6, 6.07) is 2.14. The van der Waals surface area contributed by atoms with Crippen LogP contribution in [0.5, 0.6) is 0 Å². The fourth-order valence-corrected chi connectivity index (χ4v) is 4.16. The summed E-state index contributed by atoms with van der Waals surface area (Å²) >= 11 is 1.72. The van der Waals surface area contributed by atoms with E-state index in [1.165, 1.54) is 5.56 Å². The van der Waals surface area contributed by atoms with Crippen LogP contribution in [0.2, 0.25) is 0 Å². The first-order chi connectivity index (χ1) is 12.7. The number of nitrogens with one attached hydrogen (secondary N) is 2. The Morgan fingerprint density at radius 2 is 2.31 bits per heavy atom. The molecule has 3 N–H and O–H groups in total. The van der Waals surface area contributed by atoms with Crippen molar-refractivity contribution in [3.05, 3.63) is 45.5 Å². The van der Waals surface area contributed by atoms with E-state index in [9.17, 15) is 9.90 Å². The molecule has 0 saturated heterocycles. The van der Waals surface area contributed by atoms with Crippen LogP contribution in [0, 0.1) is 0 Å². The fraction of sp³-hybridized carbons (Fsp3) is 0.389. The molecule has 3 aromatic heterocycles. The van der Waals surface area contributed by atoms with Crippen LogP contribution >= 0.6 is 11.3 Å². The third-order valence-corrected chi connectivity index (χ3v) is 5.48. The SMILES string of the molecule is O=C(O)c1c2c(nn1CCCNCCc1ccsc1)-c1cn[nH]c1CC2. The second kappa shape index (κ2) is 7.43. The van der Waals surface area contributed by atoms with Gasteiger partial charge in [0.2, 0.25) is 0 Å². The molecular formula is C18H21N5O2S. The molecule has 0 amide bonds. The maximum atomic E-state index is 11.8. The number of fused-ring (bicyclic) bond motifs is 3. The van der Waals surface area contributed by atoms with Crippen LogP contribution < -0.4 is 5.32 Å². The molecule has 0 unspecified atom stereocenters. The Morgan fingerprint density at radius 1 is 1.38 bits per heavy atom. The molecular weight excluding hydrogens is 350 g/mol. The number of H-pyrrole nitrogens is 1. The van der Waals surface area contributed by atoms with Crippen LogP contribution in [0.15, 0.2) is 23.0 Å². The predicted octanol–water partition coefficient (Wildman–Crippen LogP) is 2.35. The fourth-order valence-electron chi connectivity index (χ4n) is 3.46. The van der Waals surface area contributed by atoms with Crippen molar-refractivity contribution in [2.24, 2.45) is 0 Å². The number of carboxylic acid groups (broad SMARTS) is 1. The van der Waals surface area contributed by atoms with Gasteiger partial charge in [-0.2, -0.15) is 21.5 Å². The summed E-state index contributed by atoms with van der Waals surface area (Å²) < 4.78 is 1.65. The van der Waals surface area contributed by atoms with Crippen molar-refractivity contribution in [3.8, 4) is 11.3 Å². The predicted molar refractivity (Wildman–Crippen MR) is 99.7 cm³/mol. The van der Waals surface area contributed by atoms with Gasteiger partial charge in [-0.25, -0.2) is 4.79 Å². The molecule has 0 fully saturated rings. The largest absolute Gasteiger partial charge is 0.477 e. The molecule has 0 saturated carbocycles. The molecule has 136 valence electrons. The first kappa shape index (κ1) is 17.0. The van der Waals surface area contributed by atoms with Crippen LogP contribution in [0.25, 0.3) is 11.3 Å². The molecule has 1 aliphatic carbocycles. The van der Waals surface area contributed by atoms with Gasteiger partial charge in [-0.1, -0.05) is 0 Å². The number of hydrogen-bond donors (Lipinski definition) is 3. The van der Waals surface area contributed by atoms with E-state index in [0.717, 1.165) is 54.9 Å². The summed E-state index contributed by atoms with van der Waals surface area (Å²) in [4.78, 5) is 11.8. The van der Waals surface area contributed by atoms with Gasteiger partial charge in [-0.05, 0) is 61.2 Å². The lowest BCUT2D eigenvalue weighted by atomic mass is 9.94. The lowest BCUT2D eigenvalue weighted by Crippen LogP contribution is -2.21. The topological polar surface area (TPSA) is 95.8 Å². The van der Waals surface area contributed by atoms with Gasteiger partial charge in [0.25, 0.3) is 0 Å². The minimum Gasteiger partial charge on any atom is -0.477 e. The molecule has 0 aromatic carbocycles. The van der Waals surface area contributed by atoms with E-state index in [0.29, 0.717) is 18.7 Å². The standard InChI is InChI=1S/C18H21N5O2S/c24-18(25)17-13-2-3-15-14(10-20-21-15)16(13)22-23(17)8-1-6-19-7-4-12-5-9-26-11-12/h5,9-11,19H,1-4,6-8H2,(H,20,21)(H,24,25). The van der Waals surface area contributed by atoms with Gasteiger partial charge in [0.05, 0.1) is 11.9 Å². The highest BCUT2D eigenvalue weighted by molar-refractivity contribution is 7.07. The zero-order valence-electron chi connectivity index (χ0n) is 14.4. The normalized spacial score (nSPS) is 12.8. The van der Waals surface area contributed by atoms with Crippen molar-refractivity contribution in [1.82, 2.24) is 25.3 Å². The quantitative estimate of drug-likeness (QED) is 0.528. The summed E-state index contributed by atoms with van der Waals surface area (Å²) in [6.45, 7) is 2.36. The number of hydrogen-bond acceptors (Lipinski definition) is 5. The Hall–Kier alpha value is -2.45. The van der Waals surface area contributed by atoms with Gasteiger partial charge in [-0.3, -0.25) is 9.78 Å². The molecule has 0 bridgehead atoms. The van der Waals surface area contributed by atoms with Crippen LogP contribution in [0.3, 0.4) is 0 Å². The van der Waals surface area contributed by atoms with Gasteiger partial charge in [0.1, 0.15) is 5.69 Å². The highest BCUT2D eigenvalue weighted by atomic mass is 32.1. The molecule has 1 aliphatic rings. The number of rotatable bonds is 8. The molecule has 8 heteroatoms.